The van der Waals surface area contributed by atoms with Gasteiger partial charge in [-0.25, -0.2) is 8.42 Å². The SMILES string of the molecule is CS(=O)(=O)N(CC(=O)NCc1cccnc1)c1cccc2ccccc12. The van der Waals surface area contributed by atoms with Gasteiger partial charge in [0.05, 0.1) is 11.9 Å². The lowest BCUT2D eigenvalue weighted by molar-refractivity contribution is -0.119. The lowest BCUT2D eigenvalue weighted by atomic mass is 10.1. The van der Waals surface area contributed by atoms with Crippen LogP contribution < -0.4 is 9.62 Å². The van der Waals surface area contributed by atoms with Gasteiger partial charge in [0, 0.05) is 24.3 Å². The van der Waals surface area contributed by atoms with Crippen LogP contribution in [0.3, 0.4) is 0 Å². The molecule has 0 aliphatic carbocycles. The molecule has 0 aliphatic rings. The highest BCUT2D eigenvalue weighted by molar-refractivity contribution is 7.92. The summed E-state index contributed by atoms with van der Waals surface area (Å²) in [5, 5.41) is 4.42. The number of nitrogens with zero attached hydrogens (tertiary/aromatic N) is 2. The Hall–Kier alpha value is -2.93. The summed E-state index contributed by atoms with van der Waals surface area (Å²) in [7, 11) is -3.63. The van der Waals surface area contributed by atoms with Crippen LogP contribution in [-0.2, 0) is 21.4 Å². The Morgan fingerprint density at radius 1 is 1.08 bits per heavy atom. The molecule has 6 nitrogen and oxygen atoms in total. The van der Waals surface area contributed by atoms with Crippen LogP contribution in [0.2, 0.25) is 0 Å². The molecule has 1 aromatic heterocycles. The third kappa shape index (κ3) is 4.18. The molecule has 26 heavy (non-hydrogen) atoms. The molecule has 1 N–H and O–H groups in total. The molecular formula is C19H19N3O3S. The molecule has 0 fully saturated rings. The summed E-state index contributed by atoms with van der Waals surface area (Å²) in [5.41, 5.74) is 1.33. The second-order valence-corrected chi connectivity index (χ2v) is 7.81. The van der Waals surface area contributed by atoms with E-state index in [1.807, 2.05) is 36.4 Å². The fourth-order valence-corrected chi connectivity index (χ4v) is 3.56. The Kier molecular flexibility index (Phi) is 5.18. The van der Waals surface area contributed by atoms with Gasteiger partial charge in [-0.15, -0.1) is 0 Å². The van der Waals surface area contributed by atoms with E-state index in [0.717, 1.165) is 26.9 Å². The Bertz CT molecular complexity index is 1020. The van der Waals surface area contributed by atoms with Crippen molar-refractivity contribution in [3.8, 4) is 0 Å². The second kappa shape index (κ2) is 7.53. The highest BCUT2D eigenvalue weighted by atomic mass is 32.2. The van der Waals surface area contributed by atoms with E-state index in [1.54, 1.807) is 30.6 Å². The first-order chi connectivity index (χ1) is 12.4. The molecule has 134 valence electrons. The lowest BCUT2D eigenvalue weighted by Gasteiger charge is -2.23. The maximum Gasteiger partial charge on any atom is 0.241 e. The fraction of sp³-hybridized carbons (Fsp3) is 0.158. The second-order valence-electron chi connectivity index (χ2n) is 5.91. The minimum atomic E-state index is -3.63. The van der Waals surface area contributed by atoms with E-state index in [4.69, 9.17) is 0 Å². The van der Waals surface area contributed by atoms with Gasteiger partial charge in [-0.05, 0) is 23.1 Å². The minimum Gasteiger partial charge on any atom is -0.350 e. The van der Waals surface area contributed by atoms with Gasteiger partial charge in [-0.2, -0.15) is 0 Å². The number of carbonyl (C=O) groups is 1. The number of aromatic nitrogens is 1. The van der Waals surface area contributed by atoms with Gasteiger partial charge in [-0.1, -0.05) is 42.5 Å². The van der Waals surface area contributed by atoms with Crippen molar-refractivity contribution in [3.05, 3.63) is 72.6 Å². The van der Waals surface area contributed by atoms with Crippen LogP contribution in [0, 0.1) is 0 Å². The van der Waals surface area contributed by atoms with Crippen LogP contribution in [0.5, 0.6) is 0 Å². The fourth-order valence-electron chi connectivity index (χ4n) is 2.70. The Labute approximate surface area is 152 Å². The molecule has 3 aromatic rings. The summed E-state index contributed by atoms with van der Waals surface area (Å²) in [4.78, 5) is 16.3. The Balaban J connectivity index is 1.84. The molecule has 0 atom stereocenters. The maximum atomic E-state index is 12.3. The normalized spacial score (nSPS) is 11.3. The van der Waals surface area contributed by atoms with Crippen molar-refractivity contribution in [1.82, 2.24) is 10.3 Å². The van der Waals surface area contributed by atoms with Gasteiger partial charge in [0.15, 0.2) is 0 Å². The van der Waals surface area contributed by atoms with Gasteiger partial charge in [0.1, 0.15) is 6.54 Å². The van der Waals surface area contributed by atoms with E-state index in [-0.39, 0.29) is 12.5 Å². The zero-order valence-corrected chi connectivity index (χ0v) is 15.1. The van der Waals surface area contributed by atoms with Crippen molar-refractivity contribution in [3.63, 3.8) is 0 Å². The Morgan fingerprint density at radius 2 is 1.85 bits per heavy atom. The highest BCUT2D eigenvalue weighted by Crippen LogP contribution is 2.28. The van der Waals surface area contributed by atoms with Crippen molar-refractivity contribution in [2.24, 2.45) is 0 Å². The number of fused-ring (bicyclic) bond motifs is 1. The monoisotopic (exact) mass is 369 g/mol. The van der Waals surface area contributed by atoms with E-state index in [1.165, 1.54) is 0 Å². The number of nitrogens with one attached hydrogen (secondary N) is 1. The molecule has 0 spiro atoms. The van der Waals surface area contributed by atoms with Gasteiger partial charge in [0.25, 0.3) is 0 Å². The summed E-state index contributed by atoms with van der Waals surface area (Å²) in [5.74, 6) is -0.382. The molecule has 7 heteroatoms. The number of hydrogen-bond donors (Lipinski definition) is 1. The quantitative estimate of drug-likeness (QED) is 0.723. The molecule has 3 rings (SSSR count). The minimum absolute atomic E-state index is 0.285. The van der Waals surface area contributed by atoms with E-state index >= 15 is 0 Å². The molecule has 1 heterocycles. The third-order valence-electron chi connectivity index (χ3n) is 3.94. The van der Waals surface area contributed by atoms with Crippen LogP contribution in [-0.4, -0.2) is 32.1 Å². The lowest BCUT2D eigenvalue weighted by Crippen LogP contribution is -2.40. The van der Waals surface area contributed by atoms with Gasteiger partial charge < -0.3 is 5.32 Å². The Morgan fingerprint density at radius 3 is 2.58 bits per heavy atom. The molecule has 0 aliphatic heterocycles. The average molecular weight is 369 g/mol. The molecule has 0 radical (unpaired) electrons. The zero-order chi connectivity index (χ0) is 18.6. The van der Waals surface area contributed by atoms with Crippen molar-refractivity contribution in [2.45, 2.75) is 6.54 Å². The summed E-state index contributed by atoms with van der Waals surface area (Å²) >= 11 is 0. The molecule has 2 aromatic carbocycles. The van der Waals surface area contributed by atoms with Gasteiger partial charge >= 0.3 is 0 Å². The number of amides is 1. The number of pyridine rings is 1. The first-order valence-corrected chi connectivity index (χ1v) is 9.91. The molecule has 0 saturated carbocycles. The van der Waals surface area contributed by atoms with E-state index in [2.05, 4.69) is 10.3 Å². The summed E-state index contributed by atoms with van der Waals surface area (Å²) < 4.78 is 25.8. The molecule has 0 saturated heterocycles. The number of anilines is 1. The number of sulfonamides is 1. The maximum absolute atomic E-state index is 12.3. The zero-order valence-electron chi connectivity index (χ0n) is 14.3. The van der Waals surface area contributed by atoms with Crippen LogP contribution in [0.25, 0.3) is 10.8 Å². The highest BCUT2D eigenvalue weighted by Gasteiger charge is 2.22. The van der Waals surface area contributed by atoms with Crippen molar-refractivity contribution in [2.75, 3.05) is 17.1 Å². The number of benzene rings is 2. The van der Waals surface area contributed by atoms with E-state index in [9.17, 15) is 13.2 Å². The third-order valence-corrected chi connectivity index (χ3v) is 5.06. The summed E-state index contributed by atoms with van der Waals surface area (Å²) in [6, 6.07) is 16.5. The van der Waals surface area contributed by atoms with Gasteiger partial charge in [-0.3, -0.25) is 14.1 Å². The molecular weight excluding hydrogens is 350 g/mol. The number of carbonyl (C=O) groups excluding carboxylic acids is 1. The predicted octanol–water partition coefficient (Wildman–Crippen LogP) is 2.32. The first kappa shape index (κ1) is 17.9. The smallest absolute Gasteiger partial charge is 0.241 e. The van der Waals surface area contributed by atoms with Crippen LogP contribution >= 0.6 is 0 Å². The van der Waals surface area contributed by atoms with Gasteiger partial charge in [0.2, 0.25) is 15.9 Å². The van der Waals surface area contributed by atoms with E-state index < -0.39 is 10.0 Å². The first-order valence-electron chi connectivity index (χ1n) is 8.06. The number of rotatable bonds is 6. The van der Waals surface area contributed by atoms with Crippen molar-refractivity contribution in [1.29, 1.82) is 0 Å². The van der Waals surface area contributed by atoms with Crippen LogP contribution in [0.1, 0.15) is 5.56 Å². The summed E-state index contributed by atoms with van der Waals surface area (Å²) in [6.45, 7) is 0.00686. The average Bonchev–Trinajstić information content (AvgIpc) is 2.64. The molecule has 0 bridgehead atoms. The largest absolute Gasteiger partial charge is 0.350 e. The van der Waals surface area contributed by atoms with Crippen molar-refractivity contribution >= 4 is 32.4 Å². The molecule has 0 unspecified atom stereocenters. The standard InChI is InChI=1S/C19H19N3O3S/c1-26(24,25)22(14-19(23)21-13-15-6-5-11-20-12-15)18-10-4-8-16-7-2-3-9-17(16)18/h2-12H,13-14H2,1H3,(H,21,23). The van der Waals surface area contributed by atoms with Crippen LogP contribution in [0.15, 0.2) is 67.0 Å². The van der Waals surface area contributed by atoms with E-state index in [0.29, 0.717) is 12.2 Å². The molecule has 1 amide bonds. The van der Waals surface area contributed by atoms with Crippen LogP contribution in [0.4, 0.5) is 5.69 Å². The summed E-state index contributed by atoms with van der Waals surface area (Å²) in [6.07, 6.45) is 4.40. The number of hydrogen-bond acceptors (Lipinski definition) is 4. The topological polar surface area (TPSA) is 79.4 Å². The van der Waals surface area contributed by atoms with Crippen molar-refractivity contribution < 1.29 is 13.2 Å². The predicted molar refractivity (Wildman–Crippen MR) is 102 cm³/mol.